The molecule has 0 atom stereocenters. The topological polar surface area (TPSA) is 44.1 Å². The van der Waals surface area contributed by atoms with E-state index >= 15 is 0 Å². The Hall–Kier alpha value is -2.59. The van der Waals surface area contributed by atoms with Crippen LogP contribution in [0.15, 0.2) is 71.7 Å². The van der Waals surface area contributed by atoms with Crippen molar-refractivity contribution in [3.63, 3.8) is 0 Å². The molecular formula is C18H15ClN2O2. The van der Waals surface area contributed by atoms with Crippen LogP contribution in [0.3, 0.4) is 0 Å². The van der Waals surface area contributed by atoms with Crippen LogP contribution in [-0.2, 0) is 13.2 Å². The van der Waals surface area contributed by atoms with Crippen molar-refractivity contribution < 1.29 is 4.74 Å². The van der Waals surface area contributed by atoms with E-state index in [4.69, 9.17) is 16.3 Å². The van der Waals surface area contributed by atoms with Gasteiger partial charge in [-0.3, -0.25) is 4.57 Å². The van der Waals surface area contributed by atoms with Gasteiger partial charge in [-0.15, -0.1) is 0 Å². The molecule has 5 heteroatoms. The van der Waals surface area contributed by atoms with E-state index in [0.717, 1.165) is 11.1 Å². The molecule has 1 aromatic heterocycles. The molecule has 0 bridgehead atoms. The molecule has 1 heterocycles. The second-order valence-corrected chi connectivity index (χ2v) is 5.45. The van der Waals surface area contributed by atoms with E-state index in [9.17, 15) is 4.79 Å². The minimum atomic E-state index is -0.342. The fourth-order valence-electron chi connectivity index (χ4n) is 2.16. The number of halogens is 1. The summed E-state index contributed by atoms with van der Waals surface area (Å²) in [6, 6.07) is 18.8. The highest BCUT2D eigenvalue weighted by atomic mass is 35.5. The SMILES string of the molecule is O=c1nc(OCc2ccccc2Cl)ccn1Cc1ccccc1. The summed E-state index contributed by atoms with van der Waals surface area (Å²) < 4.78 is 7.09. The zero-order chi connectivity index (χ0) is 16.1. The summed E-state index contributed by atoms with van der Waals surface area (Å²) in [6.07, 6.45) is 1.68. The van der Waals surface area contributed by atoms with Gasteiger partial charge in [0.05, 0.1) is 6.54 Å². The molecule has 0 saturated carbocycles. The summed E-state index contributed by atoms with van der Waals surface area (Å²) in [5, 5.41) is 0.630. The van der Waals surface area contributed by atoms with Crippen molar-refractivity contribution in [1.29, 1.82) is 0 Å². The van der Waals surface area contributed by atoms with E-state index in [0.29, 0.717) is 17.4 Å². The molecule has 3 rings (SSSR count). The van der Waals surface area contributed by atoms with Crippen LogP contribution in [0, 0.1) is 0 Å². The molecule has 23 heavy (non-hydrogen) atoms. The number of rotatable bonds is 5. The molecule has 0 aliphatic heterocycles. The average molecular weight is 327 g/mol. The standard InChI is InChI=1S/C18H15ClN2O2/c19-16-9-5-4-8-15(16)13-23-17-10-11-21(18(22)20-17)12-14-6-2-1-3-7-14/h1-11H,12-13H2. The number of aromatic nitrogens is 2. The summed E-state index contributed by atoms with van der Waals surface area (Å²) in [5.41, 5.74) is 1.55. The Morgan fingerprint density at radius 3 is 2.48 bits per heavy atom. The van der Waals surface area contributed by atoms with Crippen molar-refractivity contribution in [2.45, 2.75) is 13.2 Å². The summed E-state index contributed by atoms with van der Waals surface area (Å²) in [7, 11) is 0. The fraction of sp³-hybridized carbons (Fsp3) is 0.111. The molecule has 3 aromatic rings. The Labute approximate surface area is 139 Å². The van der Waals surface area contributed by atoms with Gasteiger partial charge in [-0.05, 0) is 11.6 Å². The molecule has 2 aromatic carbocycles. The number of nitrogens with zero attached hydrogens (tertiary/aromatic N) is 2. The van der Waals surface area contributed by atoms with E-state index in [1.807, 2.05) is 48.5 Å². The van der Waals surface area contributed by atoms with Crippen molar-refractivity contribution in [3.8, 4) is 5.88 Å². The lowest BCUT2D eigenvalue weighted by Crippen LogP contribution is -2.23. The van der Waals surface area contributed by atoms with Crippen molar-refractivity contribution in [3.05, 3.63) is 93.5 Å². The van der Waals surface area contributed by atoms with Crippen molar-refractivity contribution >= 4 is 11.6 Å². The molecule has 0 fully saturated rings. The Bertz CT molecular complexity index is 847. The average Bonchev–Trinajstić information content (AvgIpc) is 2.57. The quantitative estimate of drug-likeness (QED) is 0.720. The first kappa shape index (κ1) is 15.3. The van der Waals surface area contributed by atoms with Crippen LogP contribution in [0.2, 0.25) is 5.02 Å². The monoisotopic (exact) mass is 326 g/mol. The molecule has 116 valence electrons. The minimum absolute atomic E-state index is 0.273. The third-order valence-electron chi connectivity index (χ3n) is 3.38. The molecule has 0 saturated heterocycles. The van der Waals surface area contributed by atoms with Gasteiger partial charge in [0, 0.05) is 22.8 Å². The maximum Gasteiger partial charge on any atom is 0.351 e. The Morgan fingerprint density at radius 1 is 1.00 bits per heavy atom. The summed E-state index contributed by atoms with van der Waals surface area (Å²) >= 11 is 6.07. The van der Waals surface area contributed by atoms with Crippen LogP contribution in [-0.4, -0.2) is 9.55 Å². The smallest absolute Gasteiger partial charge is 0.351 e. The van der Waals surface area contributed by atoms with Gasteiger partial charge in [0.15, 0.2) is 0 Å². The maximum absolute atomic E-state index is 12.1. The summed E-state index contributed by atoms with van der Waals surface area (Å²) in [5.74, 6) is 0.291. The van der Waals surface area contributed by atoms with Gasteiger partial charge < -0.3 is 4.74 Å². The van der Waals surface area contributed by atoms with Gasteiger partial charge >= 0.3 is 5.69 Å². The molecule has 0 unspecified atom stereocenters. The zero-order valence-corrected chi connectivity index (χ0v) is 13.1. The van der Waals surface area contributed by atoms with Crippen LogP contribution in [0.5, 0.6) is 5.88 Å². The van der Waals surface area contributed by atoms with E-state index in [-0.39, 0.29) is 12.3 Å². The lowest BCUT2D eigenvalue weighted by molar-refractivity contribution is 0.291. The highest BCUT2D eigenvalue weighted by Gasteiger charge is 2.04. The van der Waals surface area contributed by atoms with E-state index in [2.05, 4.69) is 4.98 Å². The fourth-order valence-corrected chi connectivity index (χ4v) is 2.35. The van der Waals surface area contributed by atoms with Crippen LogP contribution in [0.1, 0.15) is 11.1 Å². The normalized spacial score (nSPS) is 10.5. The number of benzene rings is 2. The number of hydrogen-bond acceptors (Lipinski definition) is 3. The minimum Gasteiger partial charge on any atom is -0.473 e. The van der Waals surface area contributed by atoms with Gasteiger partial charge in [-0.1, -0.05) is 60.1 Å². The van der Waals surface area contributed by atoms with E-state index in [1.165, 1.54) is 4.57 Å². The van der Waals surface area contributed by atoms with Gasteiger partial charge in [0.2, 0.25) is 5.88 Å². The highest BCUT2D eigenvalue weighted by Crippen LogP contribution is 2.16. The van der Waals surface area contributed by atoms with E-state index < -0.39 is 0 Å². The molecule has 0 aliphatic carbocycles. The molecule has 0 radical (unpaired) electrons. The second-order valence-electron chi connectivity index (χ2n) is 5.04. The molecule has 0 N–H and O–H groups in total. The predicted molar refractivity (Wildman–Crippen MR) is 89.8 cm³/mol. The Balaban J connectivity index is 1.70. The Kier molecular flexibility index (Phi) is 4.74. The lowest BCUT2D eigenvalue weighted by atomic mass is 10.2. The predicted octanol–water partition coefficient (Wildman–Crippen LogP) is 3.52. The molecule has 0 spiro atoms. The first-order chi connectivity index (χ1) is 11.2. The van der Waals surface area contributed by atoms with Crippen molar-refractivity contribution in [2.75, 3.05) is 0 Å². The molecular weight excluding hydrogens is 312 g/mol. The number of ether oxygens (including phenoxy) is 1. The van der Waals surface area contributed by atoms with Crippen LogP contribution >= 0.6 is 11.6 Å². The first-order valence-electron chi connectivity index (χ1n) is 7.20. The molecule has 4 nitrogen and oxygen atoms in total. The van der Waals surface area contributed by atoms with Gasteiger partial charge in [-0.2, -0.15) is 4.98 Å². The van der Waals surface area contributed by atoms with Gasteiger partial charge in [-0.25, -0.2) is 4.79 Å². The van der Waals surface area contributed by atoms with Crippen LogP contribution in [0.4, 0.5) is 0 Å². The molecule has 0 amide bonds. The first-order valence-corrected chi connectivity index (χ1v) is 7.58. The molecule has 0 aliphatic rings. The van der Waals surface area contributed by atoms with E-state index in [1.54, 1.807) is 18.3 Å². The van der Waals surface area contributed by atoms with Crippen LogP contribution < -0.4 is 10.4 Å². The summed E-state index contributed by atoms with van der Waals surface area (Å²) in [6.45, 7) is 0.756. The zero-order valence-electron chi connectivity index (χ0n) is 12.4. The van der Waals surface area contributed by atoms with Gasteiger partial charge in [0.25, 0.3) is 0 Å². The third-order valence-corrected chi connectivity index (χ3v) is 3.75. The maximum atomic E-state index is 12.1. The third kappa shape index (κ3) is 3.99. The summed E-state index contributed by atoms with van der Waals surface area (Å²) in [4.78, 5) is 16.0. The van der Waals surface area contributed by atoms with Gasteiger partial charge in [0.1, 0.15) is 6.61 Å². The van der Waals surface area contributed by atoms with Crippen LogP contribution in [0.25, 0.3) is 0 Å². The largest absolute Gasteiger partial charge is 0.473 e. The second kappa shape index (κ2) is 7.11. The van der Waals surface area contributed by atoms with Crippen molar-refractivity contribution in [1.82, 2.24) is 9.55 Å². The lowest BCUT2D eigenvalue weighted by Gasteiger charge is -2.08. The Morgan fingerprint density at radius 2 is 1.74 bits per heavy atom. The van der Waals surface area contributed by atoms with Crippen molar-refractivity contribution in [2.24, 2.45) is 0 Å². The highest BCUT2D eigenvalue weighted by molar-refractivity contribution is 6.31. The number of hydrogen-bond donors (Lipinski definition) is 0.